The molecule has 0 unspecified atom stereocenters. The Labute approximate surface area is 92.7 Å². The molecular formula is C13H12O3. The Morgan fingerprint density at radius 1 is 1.19 bits per heavy atom. The fraction of sp³-hybridized carbons (Fsp3) is 0.308. The maximum atomic E-state index is 11.8. The Hall–Kier alpha value is -1.77. The van der Waals surface area contributed by atoms with Gasteiger partial charge in [-0.3, -0.25) is 4.79 Å². The van der Waals surface area contributed by atoms with Crippen molar-refractivity contribution in [2.24, 2.45) is 0 Å². The number of aryl methyl sites for hydroxylation is 1. The second kappa shape index (κ2) is 3.37. The molecule has 16 heavy (non-hydrogen) atoms. The van der Waals surface area contributed by atoms with E-state index in [4.69, 9.17) is 4.42 Å². The number of benzene rings is 1. The summed E-state index contributed by atoms with van der Waals surface area (Å²) in [6.45, 7) is 0. The number of carbonyl (C=O) groups excluding carboxylic acids is 1. The van der Waals surface area contributed by atoms with Crippen molar-refractivity contribution in [2.75, 3.05) is 0 Å². The third-order valence-corrected chi connectivity index (χ3v) is 3.11. The normalized spacial score (nSPS) is 16.1. The molecule has 0 saturated heterocycles. The lowest BCUT2D eigenvalue weighted by molar-refractivity contribution is 0.0957. The maximum Gasteiger partial charge on any atom is 0.198 e. The van der Waals surface area contributed by atoms with Gasteiger partial charge in [-0.2, -0.15) is 0 Å². The fourth-order valence-electron chi connectivity index (χ4n) is 2.31. The molecule has 1 aromatic carbocycles. The van der Waals surface area contributed by atoms with Crippen LogP contribution in [-0.4, -0.2) is 10.9 Å². The van der Waals surface area contributed by atoms with Gasteiger partial charge in [0.05, 0.1) is 0 Å². The minimum Gasteiger partial charge on any atom is -0.508 e. The van der Waals surface area contributed by atoms with Crippen molar-refractivity contribution in [3.63, 3.8) is 0 Å². The average Bonchev–Trinajstić information content (AvgIpc) is 2.52. The van der Waals surface area contributed by atoms with E-state index in [0.717, 1.165) is 30.2 Å². The van der Waals surface area contributed by atoms with Crippen molar-refractivity contribution < 1.29 is 14.3 Å². The first-order valence-corrected chi connectivity index (χ1v) is 5.53. The van der Waals surface area contributed by atoms with Crippen LogP contribution in [0.2, 0.25) is 0 Å². The van der Waals surface area contributed by atoms with Crippen LogP contribution in [0.15, 0.2) is 22.6 Å². The van der Waals surface area contributed by atoms with E-state index in [0.29, 0.717) is 17.8 Å². The topological polar surface area (TPSA) is 50.4 Å². The summed E-state index contributed by atoms with van der Waals surface area (Å²) < 4.78 is 5.58. The van der Waals surface area contributed by atoms with Gasteiger partial charge in [-0.1, -0.05) is 0 Å². The van der Waals surface area contributed by atoms with E-state index in [1.54, 1.807) is 18.2 Å². The fourth-order valence-corrected chi connectivity index (χ4v) is 2.31. The van der Waals surface area contributed by atoms with E-state index < -0.39 is 0 Å². The zero-order valence-corrected chi connectivity index (χ0v) is 8.82. The Balaban J connectivity index is 2.30. The minimum absolute atomic E-state index is 0.0863. The number of hydrogen-bond donors (Lipinski definition) is 1. The molecule has 0 aliphatic heterocycles. The first-order valence-electron chi connectivity index (χ1n) is 5.53. The molecule has 0 radical (unpaired) electrons. The van der Waals surface area contributed by atoms with Crippen molar-refractivity contribution in [3.8, 4) is 5.75 Å². The van der Waals surface area contributed by atoms with Crippen molar-refractivity contribution in [2.45, 2.75) is 25.7 Å². The smallest absolute Gasteiger partial charge is 0.198 e. The molecule has 1 heterocycles. The maximum absolute atomic E-state index is 11.8. The predicted octanol–water partition coefficient (Wildman–Crippen LogP) is 3.05. The van der Waals surface area contributed by atoms with Gasteiger partial charge in [-0.05, 0) is 37.5 Å². The Morgan fingerprint density at radius 2 is 2.00 bits per heavy atom. The van der Waals surface area contributed by atoms with Crippen molar-refractivity contribution >= 4 is 16.8 Å². The van der Waals surface area contributed by atoms with E-state index in [2.05, 4.69) is 0 Å². The van der Waals surface area contributed by atoms with E-state index in [1.165, 1.54) is 0 Å². The van der Waals surface area contributed by atoms with Gasteiger partial charge in [0, 0.05) is 17.4 Å². The van der Waals surface area contributed by atoms with Gasteiger partial charge in [-0.15, -0.1) is 0 Å². The molecule has 0 saturated carbocycles. The number of aromatic hydroxyl groups is 1. The third kappa shape index (κ3) is 1.32. The molecule has 0 spiro atoms. The van der Waals surface area contributed by atoms with Crippen LogP contribution in [0.4, 0.5) is 0 Å². The second-order valence-corrected chi connectivity index (χ2v) is 4.22. The molecule has 2 aromatic rings. The number of hydrogen-bond acceptors (Lipinski definition) is 3. The average molecular weight is 216 g/mol. The first kappa shape index (κ1) is 9.46. The SMILES string of the molecule is O=C1CCCCc2c1oc1ccc(O)cc21. The highest BCUT2D eigenvalue weighted by Crippen LogP contribution is 2.32. The lowest BCUT2D eigenvalue weighted by Crippen LogP contribution is -1.95. The summed E-state index contributed by atoms with van der Waals surface area (Å²) in [4.78, 5) is 11.8. The highest BCUT2D eigenvalue weighted by molar-refractivity contribution is 6.00. The van der Waals surface area contributed by atoms with E-state index in [1.807, 2.05) is 0 Å². The van der Waals surface area contributed by atoms with Gasteiger partial charge in [0.25, 0.3) is 0 Å². The van der Waals surface area contributed by atoms with Gasteiger partial charge < -0.3 is 9.52 Å². The van der Waals surface area contributed by atoms with Crippen LogP contribution < -0.4 is 0 Å². The molecule has 3 heteroatoms. The molecule has 0 amide bonds. The lowest BCUT2D eigenvalue weighted by atomic mass is 10.1. The van der Waals surface area contributed by atoms with Gasteiger partial charge in [-0.25, -0.2) is 0 Å². The summed E-state index contributed by atoms with van der Waals surface area (Å²) in [6.07, 6.45) is 3.35. The summed E-state index contributed by atoms with van der Waals surface area (Å²) in [7, 11) is 0. The van der Waals surface area contributed by atoms with Gasteiger partial charge >= 0.3 is 0 Å². The van der Waals surface area contributed by atoms with Gasteiger partial charge in [0.15, 0.2) is 11.5 Å². The van der Waals surface area contributed by atoms with Crippen molar-refractivity contribution in [1.82, 2.24) is 0 Å². The van der Waals surface area contributed by atoms with Gasteiger partial charge in [0.2, 0.25) is 0 Å². The number of rotatable bonds is 0. The number of phenols is 1. The molecule has 82 valence electrons. The van der Waals surface area contributed by atoms with Crippen LogP contribution in [0.5, 0.6) is 5.75 Å². The molecule has 1 aliphatic rings. The largest absolute Gasteiger partial charge is 0.508 e. The number of phenolic OH excluding ortho intramolecular Hbond substituents is 1. The summed E-state index contributed by atoms with van der Waals surface area (Å²) in [5, 5.41) is 10.3. The molecule has 0 bridgehead atoms. The van der Waals surface area contributed by atoms with E-state index in [-0.39, 0.29) is 11.5 Å². The Bertz CT molecular complexity index is 566. The summed E-state index contributed by atoms with van der Waals surface area (Å²) in [6, 6.07) is 4.97. The zero-order chi connectivity index (χ0) is 11.1. The first-order chi connectivity index (χ1) is 7.75. The van der Waals surface area contributed by atoms with Crippen LogP contribution in [-0.2, 0) is 6.42 Å². The molecule has 1 aromatic heterocycles. The second-order valence-electron chi connectivity index (χ2n) is 4.22. The van der Waals surface area contributed by atoms with E-state index in [9.17, 15) is 9.90 Å². The van der Waals surface area contributed by atoms with Crippen molar-refractivity contribution in [3.05, 3.63) is 29.5 Å². The highest BCUT2D eigenvalue weighted by atomic mass is 16.3. The number of Topliss-reactive ketones (excluding diaryl/α,β-unsaturated/α-hetero) is 1. The quantitative estimate of drug-likeness (QED) is 0.688. The summed E-state index contributed by atoms with van der Waals surface area (Å²) in [5.74, 6) is 0.800. The number of fused-ring (bicyclic) bond motifs is 3. The predicted molar refractivity (Wildman–Crippen MR) is 59.8 cm³/mol. The number of ketones is 1. The lowest BCUT2D eigenvalue weighted by Gasteiger charge is -1.95. The zero-order valence-electron chi connectivity index (χ0n) is 8.82. The van der Waals surface area contributed by atoms with Crippen LogP contribution in [0.1, 0.15) is 35.4 Å². The molecule has 3 rings (SSSR count). The molecule has 0 atom stereocenters. The van der Waals surface area contributed by atoms with Crippen LogP contribution in [0, 0.1) is 0 Å². The monoisotopic (exact) mass is 216 g/mol. The highest BCUT2D eigenvalue weighted by Gasteiger charge is 2.22. The summed E-state index contributed by atoms with van der Waals surface area (Å²) in [5.41, 5.74) is 1.66. The van der Waals surface area contributed by atoms with Crippen molar-refractivity contribution in [1.29, 1.82) is 0 Å². The standard InChI is InChI=1S/C13H12O3/c14-8-5-6-12-10(7-8)9-3-1-2-4-11(15)13(9)16-12/h5-7,14H,1-4H2. The molecule has 1 aliphatic carbocycles. The Morgan fingerprint density at radius 3 is 2.88 bits per heavy atom. The van der Waals surface area contributed by atoms with Crippen LogP contribution in [0.25, 0.3) is 11.0 Å². The minimum atomic E-state index is 0.0863. The third-order valence-electron chi connectivity index (χ3n) is 3.11. The van der Waals surface area contributed by atoms with Crippen LogP contribution in [0.3, 0.4) is 0 Å². The Kier molecular flexibility index (Phi) is 1.99. The number of furan rings is 1. The van der Waals surface area contributed by atoms with Gasteiger partial charge in [0.1, 0.15) is 11.3 Å². The molecular weight excluding hydrogens is 204 g/mol. The molecule has 1 N–H and O–H groups in total. The van der Waals surface area contributed by atoms with Crippen LogP contribution >= 0.6 is 0 Å². The number of carbonyl (C=O) groups is 1. The summed E-state index contributed by atoms with van der Waals surface area (Å²) >= 11 is 0. The molecule has 3 nitrogen and oxygen atoms in total. The van der Waals surface area contributed by atoms with E-state index >= 15 is 0 Å². The molecule has 0 fully saturated rings.